The van der Waals surface area contributed by atoms with E-state index in [-0.39, 0.29) is 0 Å². The fraction of sp³-hybridized carbons (Fsp3) is 0.103. The Kier molecular flexibility index (Phi) is 6.01. The molecule has 0 radical (unpaired) electrons. The third kappa shape index (κ3) is 3.71. The topological polar surface area (TPSA) is 50.9 Å². The van der Waals surface area contributed by atoms with Crippen LogP contribution in [0, 0.1) is 6.92 Å². The zero-order valence-electron chi connectivity index (χ0n) is 18.7. The smallest absolute Gasteiger partial charge is 0.140 e. The molecule has 0 aliphatic rings. The average molecular weight is 466 g/mol. The molecular weight excluding hydrogens is 442 g/mol. The third-order valence-electron chi connectivity index (χ3n) is 6.27. The fourth-order valence-electron chi connectivity index (χ4n) is 4.67. The van der Waals surface area contributed by atoms with Crippen LogP contribution in [-0.2, 0) is 5.54 Å². The van der Waals surface area contributed by atoms with Crippen LogP contribution in [0.3, 0.4) is 0 Å². The third-order valence-corrected chi connectivity index (χ3v) is 6.49. The summed E-state index contributed by atoms with van der Waals surface area (Å²) in [6.45, 7) is 1.99. The molecule has 0 saturated carbocycles. The van der Waals surface area contributed by atoms with Gasteiger partial charge >= 0.3 is 0 Å². The van der Waals surface area contributed by atoms with E-state index in [1.807, 2.05) is 31.5 Å². The predicted octanol–water partition coefficient (Wildman–Crippen LogP) is 6.16. The summed E-state index contributed by atoms with van der Waals surface area (Å²) in [6, 6.07) is 34.6. The predicted molar refractivity (Wildman–Crippen MR) is 135 cm³/mol. The zero-order chi connectivity index (χ0) is 23.5. The van der Waals surface area contributed by atoms with Gasteiger partial charge in [-0.2, -0.15) is 0 Å². The number of imidazole rings is 1. The molecule has 0 saturated heterocycles. The van der Waals surface area contributed by atoms with Crippen LogP contribution >= 0.6 is 11.6 Å². The number of halogens is 1. The Labute approximate surface area is 204 Å². The Morgan fingerprint density at radius 1 is 0.735 bits per heavy atom. The average Bonchev–Trinajstić information content (AvgIpc) is 3.28. The van der Waals surface area contributed by atoms with Crippen molar-refractivity contribution in [1.29, 1.82) is 0 Å². The van der Waals surface area contributed by atoms with Crippen molar-refractivity contribution in [3.8, 4) is 0 Å². The second kappa shape index (κ2) is 9.26. The van der Waals surface area contributed by atoms with Gasteiger partial charge in [0.2, 0.25) is 0 Å². The second-order valence-electron chi connectivity index (χ2n) is 8.20. The van der Waals surface area contributed by atoms with E-state index in [0.29, 0.717) is 16.4 Å². The number of hydrogen-bond acceptors (Lipinski definition) is 3. The van der Waals surface area contributed by atoms with Crippen LogP contribution in [0.5, 0.6) is 0 Å². The molecular formula is C29H24ClN3O. The quantitative estimate of drug-likeness (QED) is 0.305. The number of aliphatic hydroxyl groups is 1. The van der Waals surface area contributed by atoms with Gasteiger partial charge in [0.1, 0.15) is 11.6 Å². The van der Waals surface area contributed by atoms with Crippen LogP contribution in [0.1, 0.15) is 39.9 Å². The van der Waals surface area contributed by atoms with E-state index in [1.165, 1.54) is 6.20 Å². The first-order chi connectivity index (χ1) is 16.6. The number of benzene rings is 3. The van der Waals surface area contributed by atoms with Crippen molar-refractivity contribution >= 4 is 11.6 Å². The summed E-state index contributed by atoms with van der Waals surface area (Å²) in [7, 11) is 0. The van der Waals surface area contributed by atoms with E-state index in [9.17, 15) is 5.11 Å². The molecule has 0 aliphatic carbocycles. The summed E-state index contributed by atoms with van der Waals surface area (Å²) in [5.74, 6) is 0. The van der Waals surface area contributed by atoms with Gasteiger partial charge in [0.15, 0.2) is 0 Å². The molecule has 0 spiro atoms. The molecule has 2 heterocycles. The number of pyridine rings is 1. The Balaban J connectivity index is 1.78. The second-order valence-corrected chi connectivity index (χ2v) is 8.63. The van der Waals surface area contributed by atoms with Crippen molar-refractivity contribution in [1.82, 2.24) is 14.5 Å². The maximum atomic E-state index is 11.2. The molecule has 168 valence electrons. The first-order valence-electron chi connectivity index (χ1n) is 11.1. The highest BCUT2D eigenvalue weighted by Crippen LogP contribution is 2.42. The highest BCUT2D eigenvalue weighted by Gasteiger charge is 2.40. The maximum Gasteiger partial charge on any atom is 0.140 e. The van der Waals surface area contributed by atoms with Gasteiger partial charge in [-0.05, 0) is 35.7 Å². The first-order valence-corrected chi connectivity index (χ1v) is 11.5. The van der Waals surface area contributed by atoms with Crippen molar-refractivity contribution in [2.75, 3.05) is 0 Å². The van der Waals surface area contributed by atoms with Crippen molar-refractivity contribution in [3.05, 3.63) is 154 Å². The normalized spacial score (nSPS) is 12.4. The van der Waals surface area contributed by atoms with Crippen LogP contribution in [0.4, 0.5) is 0 Å². The highest BCUT2D eigenvalue weighted by atomic mass is 35.5. The Bertz CT molecular complexity index is 1270. The van der Waals surface area contributed by atoms with Gasteiger partial charge in [0.25, 0.3) is 0 Å². The van der Waals surface area contributed by atoms with E-state index in [1.54, 1.807) is 12.1 Å². The molecule has 0 fully saturated rings. The molecule has 0 bridgehead atoms. The number of rotatable bonds is 6. The lowest BCUT2D eigenvalue weighted by atomic mass is 9.76. The molecule has 1 N–H and O–H groups in total. The van der Waals surface area contributed by atoms with Crippen molar-refractivity contribution in [3.63, 3.8) is 0 Å². The summed E-state index contributed by atoms with van der Waals surface area (Å²) in [6.07, 6.45) is 2.38. The van der Waals surface area contributed by atoms with Crippen LogP contribution in [0.25, 0.3) is 0 Å². The molecule has 34 heavy (non-hydrogen) atoms. The van der Waals surface area contributed by atoms with Gasteiger partial charge in [-0.3, -0.25) is 4.98 Å². The van der Waals surface area contributed by atoms with Gasteiger partial charge in [-0.1, -0.05) is 103 Å². The van der Waals surface area contributed by atoms with Gasteiger partial charge in [0, 0.05) is 11.9 Å². The molecule has 0 aliphatic heterocycles. The van der Waals surface area contributed by atoms with Crippen LogP contribution in [0.2, 0.25) is 5.02 Å². The summed E-state index contributed by atoms with van der Waals surface area (Å²) >= 11 is 6.00. The summed E-state index contributed by atoms with van der Waals surface area (Å²) in [5.41, 5.74) is 4.51. The van der Waals surface area contributed by atoms with Crippen LogP contribution in [0.15, 0.2) is 116 Å². The van der Waals surface area contributed by atoms with Crippen molar-refractivity contribution in [2.24, 2.45) is 0 Å². The number of hydrogen-bond donors (Lipinski definition) is 1. The van der Waals surface area contributed by atoms with E-state index < -0.39 is 11.6 Å². The minimum Gasteiger partial charge on any atom is -0.380 e. The number of aromatic nitrogens is 3. The molecule has 5 heteroatoms. The van der Waals surface area contributed by atoms with E-state index >= 15 is 0 Å². The van der Waals surface area contributed by atoms with Gasteiger partial charge < -0.3 is 9.67 Å². The summed E-state index contributed by atoms with van der Waals surface area (Å²) < 4.78 is 2.15. The van der Waals surface area contributed by atoms with Crippen LogP contribution in [-0.4, -0.2) is 19.6 Å². The lowest BCUT2D eigenvalue weighted by Gasteiger charge is -2.38. The highest BCUT2D eigenvalue weighted by molar-refractivity contribution is 6.30. The first kappa shape index (κ1) is 22.1. The molecule has 5 aromatic rings. The maximum absolute atomic E-state index is 11.2. The summed E-state index contributed by atoms with van der Waals surface area (Å²) in [4.78, 5) is 9.01. The molecule has 0 unspecified atom stereocenters. The minimum atomic E-state index is -0.974. The lowest BCUT2D eigenvalue weighted by molar-refractivity contribution is 0.209. The largest absolute Gasteiger partial charge is 0.380 e. The zero-order valence-corrected chi connectivity index (χ0v) is 19.5. The SMILES string of the molecule is Cc1c([C@@H](O)c2ccc(Cl)cn2)ncn1C(c1ccccc1)(c1ccccc1)c1ccccc1. The Hall–Kier alpha value is -3.73. The van der Waals surface area contributed by atoms with E-state index in [0.717, 1.165) is 22.4 Å². The van der Waals surface area contributed by atoms with Crippen LogP contribution < -0.4 is 0 Å². The van der Waals surface area contributed by atoms with E-state index in [2.05, 4.69) is 82.3 Å². The Morgan fingerprint density at radius 3 is 1.68 bits per heavy atom. The van der Waals surface area contributed by atoms with Crippen molar-refractivity contribution < 1.29 is 5.11 Å². The van der Waals surface area contributed by atoms with Gasteiger partial charge in [0.05, 0.1) is 22.7 Å². The van der Waals surface area contributed by atoms with E-state index in [4.69, 9.17) is 16.6 Å². The molecule has 4 nitrogen and oxygen atoms in total. The Morgan fingerprint density at radius 2 is 1.24 bits per heavy atom. The molecule has 3 aromatic carbocycles. The van der Waals surface area contributed by atoms with Gasteiger partial charge in [-0.15, -0.1) is 0 Å². The number of nitrogens with zero attached hydrogens (tertiary/aromatic N) is 3. The minimum absolute atomic E-state index is 0.502. The fourth-order valence-corrected chi connectivity index (χ4v) is 4.79. The van der Waals surface area contributed by atoms with Crippen molar-refractivity contribution in [2.45, 2.75) is 18.6 Å². The number of aliphatic hydroxyl groups excluding tert-OH is 1. The summed E-state index contributed by atoms with van der Waals surface area (Å²) in [5, 5.41) is 11.7. The standard InChI is InChI=1S/C29H24ClN3O/c1-21-27(28(34)26-18-17-25(30)19-31-26)32-20-33(21)29(22-11-5-2-6-12-22,23-13-7-3-8-14-23)24-15-9-4-10-16-24/h2-20,28,34H,1H3/t28-/m0/s1. The molecule has 5 rings (SSSR count). The molecule has 2 aromatic heterocycles. The molecule has 1 atom stereocenters. The molecule has 0 amide bonds. The lowest BCUT2D eigenvalue weighted by Crippen LogP contribution is -2.38. The monoisotopic (exact) mass is 465 g/mol. The van der Waals surface area contributed by atoms with Gasteiger partial charge in [-0.25, -0.2) is 4.98 Å².